The van der Waals surface area contributed by atoms with Crippen LogP contribution in [-0.4, -0.2) is 42.8 Å². The van der Waals surface area contributed by atoms with Crippen LogP contribution >= 0.6 is 0 Å². The van der Waals surface area contributed by atoms with E-state index in [0.717, 1.165) is 5.56 Å². The molecule has 4 nitrogen and oxygen atoms in total. The van der Waals surface area contributed by atoms with E-state index in [4.69, 9.17) is 15.9 Å². The summed E-state index contributed by atoms with van der Waals surface area (Å²) in [4.78, 5) is 14.9. The van der Waals surface area contributed by atoms with Gasteiger partial charge in [0.15, 0.2) is 5.60 Å². The molecule has 118 valence electrons. The van der Waals surface area contributed by atoms with Gasteiger partial charge in [-0.2, -0.15) is 0 Å². The van der Waals surface area contributed by atoms with Gasteiger partial charge in [0, 0.05) is 13.1 Å². The van der Waals surface area contributed by atoms with Crippen LogP contribution in [0.15, 0.2) is 30.3 Å². The van der Waals surface area contributed by atoms with E-state index >= 15 is 0 Å². The predicted octanol–water partition coefficient (Wildman–Crippen LogP) is 2.41. The second kappa shape index (κ2) is 7.44. The summed E-state index contributed by atoms with van der Waals surface area (Å²) in [5.74, 6) is 2.29. The first-order chi connectivity index (χ1) is 10.6. The SMILES string of the molecule is C#CC(C)(CC)OC(=O)C(c1ccccc1)N1CCOCC1. The molecule has 1 saturated heterocycles. The van der Waals surface area contributed by atoms with Gasteiger partial charge in [-0.1, -0.05) is 43.2 Å². The van der Waals surface area contributed by atoms with E-state index in [9.17, 15) is 4.79 Å². The number of ether oxygens (including phenoxy) is 2. The molecule has 22 heavy (non-hydrogen) atoms. The van der Waals surface area contributed by atoms with Gasteiger partial charge in [-0.25, -0.2) is 4.79 Å². The monoisotopic (exact) mass is 301 g/mol. The average Bonchev–Trinajstić information content (AvgIpc) is 2.57. The lowest BCUT2D eigenvalue weighted by Crippen LogP contribution is -2.44. The summed E-state index contributed by atoms with van der Waals surface area (Å²) in [6, 6.07) is 9.24. The molecule has 2 rings (SSSR count). The Morgan fingerprint density at radius 3 is 2.59 bits per heavy atom. The standard InChI is InChI=1S/C18H23NO3/c1-4-18(3,5-2)22-17(20)16(15-9-7-6-8-10-15)19-11-13-21-14-12-19/h1,6-10,16H,5,11-14H2,2-3H3. The highest BCUT2D eigenvalue weighted by atomic mass is 16.6. The smallest absolute Gasteiger partial charge is 0.329 e. The number of benzene rings is 1. The molecule has 0 N–H and O–H groups in total. The van der Waals surface area contributed by atoms with Crippen molar-refractivity contribution < 1.29 is 14.3 Å². The molecule has 1 aromatic rings. The van der Waals surface area contributed by atoms with Crippen molar-refractivity contribution in [3.63, 3.8) is 0 Å². The molecule has 0 aliphatic carbocycles. The van der Waals surface area contributed by atoms with Crippen LogP contribution in [-0.2, 0) is 14.3 Å². The molecule has 2 atom stereocenters. The number of nitrogens with zero attached hydrogens (tertiary/aromatic N) is 1. The van der Waals surface area contributed by atoms with Gasteiger partial charge >= 0.3 is 5.97 Å². The lowest BCUT2D eigenvalue weighted by Gasteiger charge is -2.35. The van der Waals surface area contributed by atoms with Gasteiger partial charge in [0.2, 0.25) is 0 Å². The van der Waals surface area contributed by atoms with Crippen molar-refractivity contribution in [3.05, 3.63) is 35.9 Å². The third kappa shape index (κ3) is 3.88. The van der Waals surface area contributed by atoms with E-state index < -0.39 is 11.6 Å². The molecule has 0 saturated carbocycles. The van der Waals surface area contributed by atoms with Crippen LogP contribution in [0, 0.1) is 12.3 Å². The molecule has 0 radical (unpaired) electrons. The minimum Gasteiger partial charge on any atom is -0.445 e. The fraction of sp³-hybridized carbons (Fsp3) is 0.500. The van der Waals surface area contributed by atoms with Gasteiger partial charge in [-0.15, -0.1) is 6.42 Å². The van der Waals surface area contributed by atoms with Crippen LogP contribution in [0.2, 0.25) is 0 Å². The van der Waals surface area contributed by atoms with E-state index in [1.54, 1.807) is 6.92 Å². The number of morpholine rings is 1. The van der Waals surface area contributed by atoms with Gasteiger partial charge in [-0.3, -0.25) is 4.90 Å². The molecule has 0 amide bonds. The fourth-order valence-electron chi connectivity index (χ4n) is 2.45. The molecule has 4 heteroatoms. The first kappa shape index (κ1) is 16.5. The summed E-state index contributed by atoms with van der Waals surface area (Å²) in [7, 11) is 0. The number of carbonyl (C=O) groups is 1. The lowest BCUT2D eigenvalue weighted by atomic mass is 10.0. The maximum absolute atomic E-state index is 12.8. The summed E-state index contributed by atoms with van der Waals surface area (Å²) < 4.78 is 11.0. The van der Waals surface area contributed by atoms with Crippen LogP contribution in [0.4, 0.5) is 0 Å². The quantitative estimate of drug-likeness (QED) is 0.618. The topological polar surface area (TPSA) is 38.8 Å². The Labute approximate surface area is 132 Å². The van der Waals surface area contributed by atoms with Crippen molar-refractivity contribution in [1.29, 1.82) is 0 Å². The Kier molecular flexibility index (Phi) is 5.59. The van der Waals surface area contributed by atoms with Gasteiger partial charge in [0.1, 0.15) is 6.04 Å². The van der Waals surface area contributed by atoms with Crippen molar-refractivity contribution in [2.75, 3.05) is 26.3 Å². The number of hydrogen-bond acceptors (Lipinski definition) is 4. The minimum atomic E-state index is -0.865. The predicted molar refractivity (Wildman–Crippen MR) is 85.2 cm³/mol. The van der Waals surface area contributed by atoms with Crippen molar-refractivity contribution in [2.45, 2.75) is 31.9 Å². The molecule has 1 aromatic carbocycles. The largest absolute Gasteiger partial charge is 0.445 e. The molecule has 1 aliphatic heterocycles. The highest BCUT2D eigenvalue weighted by Crippen LogP contribution is 2.26. The summed E-state index contributed by atoms with van der Waals surface area (Å²) in [5.41, 5.74) is 0.0565. The van der Waals surface area contributed by atoms with E-state index in [0.29, 0.717) is 32.7 Å². The zero-order valence-electron chi connectivity index (χ0n) is 13.2. The second-order valence-electron chi connectivity index (χ2n) is 5.61. The van der Waals surface area contributed by atoms with Crippen molar-refractivity contribution in [1.82, 2.24) is 4.90 Å². The number of hydrogen-bond donors (Lipinski definition) is 0. The zero-order chi connectivity index (χ0) is 16.0. The Morgan fingerprint density at radius 1 is 1.41 bits per heavy atom. The van der Waals surface area contributed by atoms with Gasteiger partial charge < -0.3 is 9.47 Å². The Morgan fingerprint density at radius 2 is 2.05 bits per heavy atom. The Balaban J connectivity index is 2.24. The van der Waals surface area contributed by atoms with Crippen LogP contribution in [0.3, 0.4) is 0 Å². The number of esters is 1. The highest BCUT2D eigenvalue weighted by molar-refractivity contribution is 5.78. The van der Waals surface area contributed by atoms with Crippen LogP contribution in [0.1, 0.15) is 31.9 Å². The van der Waals surface area contributed by atoms with Crippen LogP contribution in [0.25, 0.3) is 0 Å². The molecule has 0 bridgehead atoms. The molecular weight excluding hydrogens is 278 g/mol. The maximum atomic E-state index is 12.8. The summed E-state index contributed by atoms with van der Waals surface area (Å²) in [5, 5.41) is 0. The van der Waals surface area contributed by atoms with Gasteiger partial charge in [-0.05, 0) is 18.9 Å². The summed E-state index contributed by atoms with van der Waals surface area (Å²) in [6.45, 7) is 6.33. The third-order valence-corrected chi connectivity index (χ3v) is 4.06. The van der Waals surface area contributed by atoms with E-state index in [-0.39, 0.29) is 5.97 Å². The minimum absolute atomic E-state index is 0.296. The first-order valence-electron chi connectivity index (χ1n) is 7.67. The Bertz CT molecular complexity index is 531. The van der Waals surface area contributed by atoms with E-state index in [2.05, 4.69) is 10.8 Å². The molecule has 0 spiro atoms. The highest BCUT2D eigenvalue weighted by Gasteiger charge is 2.34. The number of carbonyl (C=O) groups excluding carboxylic acids is 1. The first-order valence-corrected chi connectivity index (χ1v) is 7.67. The summed E-state index contributed by atoms with van der Waals surface area (Å²) >= 11 is 0. The molecule has 0 aromatic heterocycles. The van der Waals surface area contributed by atoms with Crippen molar-refractivity contribution in [3.8, 4) is 12.3 Å². The molecule has 1 fully saturated rings. The zero-order valence-corrected chi connectivity index (χ0v) is 13.2. The molecule has 2 unspecified atom stereocenters. The Hall–Kier alpha value is -1.83. The lowest BCUT2D eigenvalue weighted by molar-refractivity contribution is -0.162. The number of rotatable bonds is 5. The molecule has 1 aliphatic rings. The fourth-order valence-corrected chi connectivity index (χ4v) is 2.45. The average molecular weight is 301 g/mol. The summed E-state index contributed by atoms with van der Waals surface area (Å²) in [6.07, 6.45) is 6.11. The van der Waals surface area contributed by atoms with Crippen molar-refractivity contribution >= 4 is 5.97 Å². The molecule has 1 heterocycles. The molecular formula is C18H23NO3. The van der Waals surface area contributed by atoms with Crippen LogP contribution < -0.4 is 0 Å². The normalized spacial score (nSPS) is 19.7. The van der Waals surface area contributed by atoms with Gasteiger partial charge in [0.05, 0.1) is 13.2 Å². The van der Waals surface area contributed by atoms with Crippen molar-refractivity contribution in [2.24, 2.45) is 0 Å². The van der Waals surface area contributed by atoms with E-state index in [1.807, 2.05) is 37.3 Å². The van der Waals surface area contributed by atoms with E-state index in [1.165, 1.54) is 0 Å². The van der Waals surface area contributed by atoms with Gasteiger partial charge in [0.25, 0.3) is 0 Å². The number of terminal acetylenes is 1. The third-order valence-electron chi connectivity index (χ3n) is 4.06. The second-order valence-corrected chi connectivity index (χ2v) is 5.61. The van der Waals surface area contributed by atoms with Crippen LogP contribution in [0.5, 0.6) is 0 Å². The maximum Gasteiger partial charge on any atom is 0.329 e.